The van der Waals surface area contributed by atoms with E-state index >= 15 is 0 Å². The molecular weight excluding hydrogens is 833 g/mol. The number of rotatable bonds is 16. The zero-order chi connectivity index (χ0) is 39.9. The molecule has 0 radical (unpaired) electrons. The molecule has 2 aliphatic heterocycles. The molecule has 0 bridgehead atoms. The van der Waals surface area contributed by atoms with Crippen LogP contribution in [0.15, 0.2) is 67.8 Å². The van der Waals surface area contributed by atoms with E-state index in [4.69, 9.17) is 10.5 Å². The molecule has 2 aliphatic rings. The van der Waals surface area contributed by atoms with E-state index in [2.05, 4.69) is 18.7 Å². The molecule has 6 N–H and O–H groups in total. The van der Waals surface area contributed by atoms with Crippen LogP contribution in [0.5, 0.6) is 0 Å². The number of anilines is 1. The largest absolute Gasteiger partial charge is 0.344 e. The molecule has 0 spiro atoms. The van der Waals surface area contributed by atoms with Crippen molar-refractivity contribution in [2.75, 3.05) is 23.1 Å². The number of hydrogen-bond acceptors (Lipinski definition) is 17. The van der Waals surface area contributed by atoms with Crippen LogP contribution in [0.3, 0.4) is 0 Å². The number of benzene rings is 2. The predicted molar refractivity (Wildman–Crippen MR) is 187 cm³/mol. The fourth-order valence-electron chi connectivity index (χ4n) is 6.37. The minimum absolute atomic E-state index is 0.111. The molecule has 26 heteroatoms. The summed E-state index contributed by atoms with van der Waals surface area (Å²) in [7, 11) is -19.4. The molecule has 294 valence electrons. The van der Waals surface area contributed by atoms with E-state index in [1.165, 1.54) is 53.7 Å². The lowest BCUT2D eigenvalue weighted by Crippen LogP contribution is -2.30. The van der Waals surface area contributed by atoms with Gasteiger partial charge < -0.3 is 4.90 Å². The van der Waals surface area contributed by atoms with Crippen LogP contribution in [0.1, 0.15) is 45.2 Å². The lowest BCUT2D eigenvalue weighted by Gasteiger charge is -2.27. The van der Waals surface area contributed by atoms with Gasteiger partial charge in [-0.25, -0.2) is 10.5 Å². The van der Waals surface area contributed by atoms with Crippen molar-refractivity contribution in [3.05, 3.63) is 59.3 Å². The Bertz CT molecular complexity index is 2340. The van der Waals surface area contributed by atoms with E-state index < -0.39 is 72.7 Å². The number of fused-ring (bicyclic) bond motifs is 2. The minimum atomic E-state index is -5.14. The van der Waals surface area contributed by atoms with Gasteiger partial charge in [-0.15, -0.1) is 8.67 Å². The van der Waals surface area contributed by atoms with Crippen molar-refractivity contribution in [3.8, 4) is 0 Å². The Morgan fingerprint density at radius 3 is 1.96 bits per heavy atom. The van der Waals surface area contributed by atoms with Crippen LogP contribution in [0.2, 0.25) is 0 Å². The third-order valence-corrected chi connectivity index (χ3v) is 12.6. The zero-order valence-electron chi connectivity index (χ0n) is 27.8. The molecule has 53 heavy (non-hydrogen) atoms. The van der Waals surface area contributed by atoms with Crippen LogP contribution in [0.25, 0.3) is 0 Å². The van der Waals surface area contributed by atoms with Crippen molar-refractivity contribution in [2.24, 2.45) is 0 Å². The second-order valence-electron chi connectivity index (χ2n) is 12.5. The van der Waals surface area contributed by atoms with Crippen molar-refractivity contribution < 1.29 is 85.7 Å². The van der Waals surface area contributed by atoms with Crippen LogP contribution in [-0.4, -0.2) is 90.9 Å². The third kappa shape index (κ3) is 9.66. The summed E-state index contributed by atoms with van der Waals surface area (Å²) in [5, 5.41) is 24.9. The van der Waals surface area contributed by atoms with Crippen molar-refractivity contribution in [1.29, 1.82) is 0 Å². The second kappa shape index (κ2) is 15.6. The molecule has 0 amide bonds. The van der Waals surface area contributed by atoms with E-state index in [0.29, 0.717) is 35.7 Å². The summed E-state index contributed by atoms with van der Waals surface area (Å²) in [6.45, 7) is 6.14. The summed E-state index contributed by atoms with van der Waals surface area (Å²) >= 11 is 1.03. The molecule has 2 aromatic rings. The first-order chi connectivity index (χ1) is 24.2. The first kappa shape index (κ1) is 43.2. The Morgan fingerprint density at radius 2 is 1.42 bits per heavy atom. The van der Waals surface area contributed by atoms with Gasteiger partial charge in [0.25, 0.3) is 36.2 Å². The molecule has 4 rings (SSSR count). The second-order valence-corrected chi connectivity index (χ2v) is 19.8. The molecule has 0 saturated carbocycles. The highest BCUT2D eigenvalue weighted by atomic mass is 32.2. The average Bonchev–Trinajstić information content (AvgIpc) is 3.34. The topological polar surface area (TPSA) is 301 Å². The highest BCUT2D eigenvalue weighted by Crippen LogP contribution is 2.52. The van der Waals surface area contributed by atoms with Crippen molar-refractivity contribution in [2.45, 2.75) is 64.5 Å². The van der Waals surface area contributed by atoms with E-state index in [9.17, 15) is 51.9 Å². The molecule has 2 aromatic carbocycles. The van der Waals surface area contributed by atoms with Gasteiger partial charge in [0.15, 0.2) is 5.71 Å². The maximum Gasteiger partial charge on any atom is 0.326 e. The molecule has 0 saturated heterocycles. The van der Waals surface area contributed by atoms with Crippen LogP contribution in [0, 0.1) is 0 Å². The monoisotopic (exact) mass is 865 g/mol. The first-order valence-corrected chi connectivity index (χ1v) is 22.2. The maximum absolute atomic E-state index is 12.6. The van der Waals surface area contributed by atoms with Gasteiger partial charge in [0.1, 0.15) is 4.90 Å². The Balaban J connectivity index is 1.97. The van der Waals surface area contributed by atoms with Crippen molar-refractivity contribution in [1.82, 2.24) is 0 Å². The van der Waals surface area contributed by atoms with Gasteiger partial charge in [-0.3, -0.25) is 18.2 Å². The van der Waals surface area contributed by atoms with Crippen molar-refractivity contribution >= 4 is 81.6 Å². The summed E-state index contributed by atoms with van der Waals surface area (Å²) in [6.07, 6.45) is 4.02. The van der Waals surface area contributed by atoms with Crippen LogP contribution >= 0.6 is 24.1 Å². The van der Waals surface area contributed by atoms with Gasteiger partial charge in [-0.2, -0.15) is 38.2 Å². The highest BCUT2D eigenvalue weighted by Gasteiger charge is 2.49. The van der Waals surface area contributed by atoms with Gasteiger partial charge in [0.05, 0.1) is 50.6 Å². The summed E-state index contributed by atoms with van der Waals surface area (Å²) in [4.78, 5) is 0.0598. The van der Waals surface area contributed by atoms with E-state index in [-0.39, 0.29) is 51.1 Å². The van der Waals surface area contributed by atoms with Gasteiger partial charge in [-0.1, -0.05) is 30.0 Å². The van der Waals surface area contributed by atoms with E-state index in [1.807, 2.05) is 0 Å². The first-order valence-electron chi connectivity index (χ1n) is 14.6. The zero-order valence-corrected chi connectivity index (χ0v) is 32.7. The molecule has 0 aliphatic carbocycles. The number of allylic oxidation sites excluding steroid dienone is 4. The van der Waals surface area contributed by atoms with Gasteiger partial charge in [0.2, 0.25) is 5.69 Å². The molecular formula is C27H33N2O18S6+. The highest BCUT2D eigenvalue weighted by molar-refractivity contribution is 7.95. The number of hydrogen-bond donors (Lipinski definition) is 6. The minimum Gasteiger partial charge on any atom is -0.344 e. The van der Waals surface area contributed by atoms with E-state index in [0.717, 1.165) is 6.07 Å². The fourth-order valence-corrected chi connectivity index (χ4v) is 10.2. The molecule has 0 fully saturated rings. The molecule has 20 nitrogen and oxygen atoms in total. The third-order valence-electron chi connectivity index (χ3n) is 8.28. The van der Waals surface area contributed by atoms with Gasteiger partial charge in [0, 0.05) is 45.9 Å². The van der Waals surface area contributed by atoms with Crippen LogP contribution in [0.4, 0.5) is 11.4 Å². The van der Waals surface area contributed by atoms with Gasteiger partial charge >= 0.3 is 10.1 Å². The summed E-state index contributed by atoms with van der Waals surface area (Å²) in [6, 6.07) is 4.42. The average molecular weight is 866 g/mol. The molecule has 2 heterocycles. The Hall–Kier alpha value is -2.51. The molecule has 0 atom stereocenters. The Kier molecular flexibility index (Phi) is 12.7. The summed E-state index contributed by atoms with van der Waals surface area (Å²) < 4.78 is 147. The smallest absolute Gasteiger partial charge is 0.326 e. The summed E-state index contributed by atoms with van der Waals surface area (Å²) in [5.74, 6) is -1.73. The number of nitrogens with zero attached hydrogens (tertiary/aromatic N) is 2. The van der Waals surface area contributed by atoms with Gasteiger partial charge in [-0.05, 0) is 44.5 Å². The molecule has 0 aromatic heterocycles. The Labute approximate surface area is 312 Å². The SMILES string of the molecule is CC1(C)C(/C=C/C=C2/N(CCCS(=O)(=O)O)c3cc(S(=O)(=O)O)cc(S(=O)(=O)O)c3C2(C)C)=[N+](CS(=O)(=O)O)c2cc(SOOO)cc(SOOO)c21. The lowest BCUT2D eigenvalue weighted by atomic mass is 9.81. The van der Waals surface area contributed by atoms with Crippen LogP contribution in [-0.2, 0) is 70.0 Å². The van der Waals surface area contributed by atoms with Crippen molar-refractivity contribution in [3.63, 3.8) is 0 Å². The normalized spacial score (nSPS) is 18.0. The lowest BCUT2D eigenvalue weighted by molar-refractivity contribution is -0.432. The quantitative estimate of drug-likeness (QED) is 0.0460. The van der Waals surface area contributed by atoms with E-state index in [1.54, 1.807) is 13.8 Å². The molecule has 0 unspecified atom stereocenters. The maximum atomic E-state index is 12.6. The predicted octanol–water partition coefficient (Wildman–Crippen LogP) is 3.77. The summed E-state index contributed by atoms with van der Waals surface area (Å²) in [5.41, 5.74) is -1.73. The Morgan fingerprint density at radius 1 is 0.792 bits per heavy atom. The fraction of sp³-hybridized carbons (Fsp3) is 0.370. The van der Waals surface area contributed by atoms with Crippen LogP contribution < -0.4 is 4.90 Å². The standard InChI is InChI=1S/C27H32N2O18S6/c1-26(2)23(29(15-51(35,36)37)18-11-16(48-46-44-30)12-20(24(18)26)49-47-45-31)8-5-7-22-27(3,4)25-19(28(22)9-6-10-50(32,33)34)13-17(52(38,39)40)14-21(25)53(41,42)43/h5,7-8,11-14H,6,9-10,15H2,1-4H3,(H5-,30,31,32,33,34,35,36,37,38,39,40,41,42,43)/p+1.